The number of carbonyl (C=O) groups is 2. The fourth-order valence-electron chi connectivity index (χ4n) is 1.97. The molecule has 1 amide bonds. The summed E-state index contributed by atoms with van der Waals surface area (Å²) >= 11 is 1.32. The highest BCUT2D eigenvalue weighted by Gasteiger charge is 2.20. The van der Waals surface area contributed by atoms with Crippen molar-refractivity contribution in [2.45, 2.75) is 26.4 Å². The molecule has 0 saturated heterocycles. The third-order valence-electron chi connectivity index (χ3n) is 3.26. The first-order valence-corrected chi connectivity index (χ1v) is 8.02. The van der Waals surface area contributed by atoms with Gasteiger partial charge in [-0.3, -0.25) is 4.79 Å². The zero-order valence-electron chi connectivity index (χ0n) is 12.7. The van der Waals surface area contributed by atoms with Crippen LogP contribution in [0.3, 0.4) is 0 Å². The second-order valence-electron chi connectivity index (χ2n) is 5.01. The zero-order chi connectivity index (χ0) is 15.9. The molecular formula is C17H19NO3S. The Labute approximate surface area is 134 Å². The summed E-state index contributed by atoms with van der Waals surface area (Å²) in [6.07, 6.45) is -0.0538. The topological polar surface area (TPSA) is 55.4 Å². The summed E-state index contributed by atoms with van der Waals surface area (Å²) in [6, 6.07) is 11.8. The van der Waals surface area contributed by atoms with Crippen LogP contribution in [0, 0.1) is 6.92 Å². The van der Waals surface area contributed by atoms with Gasteiger partial charge in [0.25, 0.3) is 5.91 Å². The molecule has 116 valence electrons. The van der Waals surface area contributed by atoms with Gasteiger partial charge in [0.05, 0.1) is 0 Å². The van der Waals surface area contributed by atoms with Crippen LogP contribution in [0.2, 0.25) is 0 Å². The Kier molecular flexibility index (Phi) is 5.72. The number of benzene rings is 1. The lowest BCUT2D eigenvalue weighted by Crippen LogP contribution is -2.36. The van der Waals surface area contributed by atoms with Crippen molar-refractivity contribution in [1.29, 1.82) is 0 Å². The van der Waals surface area contributed by atoms with E-state index in [1.165, 1.54) is 11.3 Å². The smallest absolute Gasteiger partial charge is 0.349 e. The van der Waals surface area contributed by atoms with Crippen LogP contribution in [-0.2, 0) is 16.0 Å². The Morgan fingerprint density at radius 1 is 1.23 bits per heavy atom. The largest absolute Gasteiger partial charge is 0.448 e. The number of aryl methyl sites for hydroxylation is 1. The number of esters is 1. The van der Waals surface area contributed by atoms with Crippen LogP contribution in [0.5, 0.6) is 0 Å². The SMILES string of the molecule is Cc1ccsc1C(=O)OC(C)C(=O)NCCc1ccccc1. The molecular weight excluding hydrogens is 298 g/mol. The Morgan fingerprint density at radius 2 is 1.95 bits per heavy atom. The molecule has 5 heteroatoms. The van der Waals surface area contributed by atoms with Crippen molar-refractivity contribution >= 4 is 23.2 Å². The minimum absolute atomic E-state index is 0.279. The molecule has 1 N–H and O–H groups in total. The van der Waals surface area contributed by atoms with E-state index in [0.717, 1.165) is 17.5 Å². The summed E-state index contributed by atoms with van der Waals surface area (Å²) in [5.74, 6) is -0.725. The first-order chi connectivity index (χ1) is 10.6. The van der Waals surface area contributed by atoms with Crippen LogP contribution in [0.1, 0.15) is 27.7 Å². The summed E-state index contributed by atoms with van der Waals surface area (Å²) in [4.78, 5) is 24.4. The van der Waals surface area contributed by atoms with Gasteiger partial charge in [-0.05, 0) is 42.8 Å². The predicted molar refractivity (Wildman–Crippen MR) is 87.1 cm³/mol. The lowest BCUT2D eigenvalue weighted by molar-refractivity contribution is -0.129. The molecule has 1 atom stereocenters. The molecule has 0 aliphatic carbocycles. The molecule has 0 aliphatic rings. The van der Waals surface area contributed by atoms with Crippen molar-refractivity contribution in [3.8, 4) is 0 Å². The van der Waals surface area contributed by atoms with Crippen molar-refractivity contribution in [3.63, 3.8) is 0 Å². The molecule has 0 aliphatic heterocycles. The van der Waals surface area contributed by atoms with Gasteiger partial charge in [-0.1, -0.05) is 30.3 Å². The number of carbonyl (C=O) groups excluding carboxylic acids is 2. The fourth-order valence-corrected chi connectivity index (χ4v) is 2.77. The molecule has 0 radical (unpaired) electrons. The van der Waals surface area contributed by atoms with Gasteiger partial charge < -0.3 is 10.1 Å². The number of ether oxygens (including phenoxy) is 1. The van der Waals surface area contributed by atoms with E-state index in [-0.39, 0.29) is 5.91 Å². The summed E-state index contributed by atoms with van der Waals surface area (Å²) in [5, 5.41) is 4.61. The molecule has 2 rings (SSSR count). The monoisotopic (exact) mass is 317 g/mol. The number of hydrogen-bond donors (Lipinski definition) is 1. The summed E-state index contributed by atoms with van der Waals surface area (Å²) in [7, 11) is 0. The molecule has 0 spiro atoms. The minimum Gasteiger partial charge on any atom is -0.448 e. The highest BCUT2D eigenvalue weighted by molar-refractivity contribution is 7.12. The maximum Gasteiger partial charge on any atom is 0.349 e. The van der Waals surface area contributed by atoms with E-state index < -0.39 is 12.1 Å². The van der Waals surface area contributed by atoms with Crippen LogP contribution in [-0.4, -0.2) is 24.5 Å². The fraction of sp³-hybridized carbons (Fsp3) is 0.294. The van der Waals surface area contributed by atoms with Gasteiger partial charge >= 0.3 is 5.97 Å². The van der Waals surface area contributed by atoms with Crippen molar-refractivity contribution < 1.29 is 14.3 Å². The average molecular weight is 317 g/mol. The number of hydrogen-bond acceptors (Lipinski definition) is 4. The second kappa shape index (κ2) is 7.75. The predicted octanol–water partition coefficient (Wildman–Crippen LogP) is 2.96. The Balaban J connectivity index is 1.77. The maximum atomic E-state index is 11.9. The van der Waals surface area contributed by atoms with Gasteiger partial charge in [0.2, 0.25) is 0 Å². The molecule has 4 nitrogen and oxygen atoms in total. The van der Waals surface area contributed by atoms with Gasteiger partial charge in [-0.2, -0.15) is 0 Å². The van der Waals surface area contributed by atoms with Crippen LogP contribution >= 0.6 is 11.3 Å². The average Bonchev–Trinajstić information content (AvgIpc) is 2.94. The van der Waals surface area contributed by atoms with Crippen molar-refractivity contribution in [1.82, 2.24) is 5.32 Å². The Hall–Kier alpha value is -2.14. The first-order valence-electron chi connectivity index (χ1n) is 7.14. The minimum atomic E-state index is -0.801. The number of thiophene rings is 1. The lowest BCUT2D eigenvalue weighted by atomic mass is 10.1. The third kappa shape index (κ3) is 4.43. The van der Waals surface area contributed by atoms with Gasteiger partial charge in [0, 0.05) is 6.54 Å². The van der Waals surface area contributed by atoms with E-state index in [2.05, 4.69) is 5.32 Å². The van der Waals surface area contributed by atoms with Crippen LogP contribution in [0.15, 0.2) is 41.8 Å². The number of amides is 1. The van der Waals surface area contributed by atoms with Crippen molar-refractivity contribution in [2.24, 2.45) is 0 Å². The van der Waals surface area contributed by atoms with Gasteiger partial charge in [0.15, 0.2) is 6.10 Å². The highest BCUT2D eigenvalue weighted by atomic mass is 32.1. The molecule has 0 fully saturated rings. The molecule has 1 aromatic heterocycles. The molecule has 1 unspecified atom stereocenters. The quantitative estimate of drug-likeness (QED) is 0.833. The van der Waals surface area contributed by atoms with E-state index >= 15 is 0 Å². The normalized spacial score (nSPS) is 11.7. The molecule has 0 bridgehead atoms. The first kappa shape index (κ1) is 16.2. The van der Waals surface area contributed by atoms with Crippen LogP contribution < -0.4 is 5.32 Å². The van der Waals surface area contributed by atoms with Crippen LogP contribution in [0.25, 0.3) is 0 Å². The van der Waals surface area contributed by atoms with Crippen molar-refractivity contribution in [2.75, 3.05) is 6.54 Å². The molecule has 1 heterocycles. The Morgan fingerprint density at radius 3 is 2.59 bits per heavy atom. The number of rotatable bonds is 6. The van der Waals surface area contributed by atoms with Crippen molar-refractivity contribution in [3.05, 3.63) is 57.8 Å². The van der Waals surface area contributed by atoms with Gasteiger partial charge in [-0.25, -0.2) is 4.79 Å². The summed E-state index contributed by atoms with van der Waals surface area (Å²) < 4.78 is 5.20. The molecule has 2 aromatic rings. The second-order valence-corrected chi connectivity index (χ2v) is 5.92. The lowest BCUT2D eigenvalue weighted by Gasteiger charge is -2.13. The standard InChI is InChI=1S/C17H19NO3S/c1-12-9-11-22-15(12)17(20)21-13(2)16(19)18-10-8-14-6-4-3-5-7-14/h3-7,9,11,13H,8,10H2,1-2H3,(H,18,19). The van der Waals surface area contributed by atoms with E-state index in [1.807, 2.05) is 48.7 Å². The van der Waals surface area contributed by atoms with Gasteiger partial charge in [-0.15, -0.1) is 11.3 Å². The number of nitrogens with one attached hydrogen (secondary N) is 1. The third-order valence-corrected chi connectivity index (χ3v) is 4.25. The summed E-state index contributed by atoms with van der Waals surface area (Å²) in [6.45, 7) is 3.94. The van der Waals surface area contributed by atoms with Gasteiger partial charge in [0.1, 0.15) is 4.88 Å². The van der Waals surface area contributed by atoms with E-state index in [4.69, 9.17) is 4.74 Å². The van der Waals surface area contributed by atoms with E-state index in [9.17, 15) is 9.59 Å². The molecule has 0 saturated carbocycles. The summed E-state index contributed by atoms with van der Waals surface area (Å²) in [5.41, 5.74) is 2.02. The highest BCUT2D eigenvalue weighted by Crippen LogP contribution is 2.17. The molecule has 22 heavy (non-hydrogen) atoms. The Bertz CT molecular complexity index is 636. The zero-order valence-corrected chi connectivity index (χ0v) is 13.5. The van der Waals surface area contributed by atoms with E-state index in [1.54, 1.807) is 6.92 Å². The molecule has 1 aromatic carbocycles. The van der Waals surface area contributed by atoms with E-state index in [0.29, 0.717) is 11.4 Å². The maximum absolute atomic E-state index is 11.9. The van der Waals surface area contributed by atoms with Crippen LogP contribution in [0.4, 0.5) is 0 Å².